The van der Waals surface area contributed by atoms with E-state index >= 15 is 0 Å². The van der Waals surface area contributed by atoms with Crippen molar-refractivity contribution < 1.29 is 22.0 Å². The summed E-state index contributed by atoms with van der Waals surface area (Å²) < 4.78 is 49.1. The zero-order chi connectivity index (χ0) is 18.0. The van der Waals surface area contributed by atoms with Gasteiger partial charge >= 0.3 is 0 Å². The van der Waals surface area contributed by atoms with Crippen LogP contribution in [-0.4, -0.2) is 36.9 Å². The maximum atomic E-state index is 13.2. The summed E-state index contributed by atoms with van der Waals surface area (Å²) in [5.74, 6) is -2.39. The van der Waals surface area contributed by atoms with Gasteiger partial charge in [0.25, 0.3) is 5.91 Å². The lowest BCUT2D eigenvalue weighted by Gasteiger charge is -2.12. The van der Waals surface area contributed by atoms with Gasteiger partial charge in [0, 0.05) is 24.0 Å². The summed E-state index contributed by atoms with van der Waals surface area (Å²) in [5.41, 5.74) is 0.953. The lowest BCUT2D eigenvalue weighted by molar-refractivity contribution is 0.0941. The SMILES string of the molecule is O=C(NC1CCS(=O)(=O)C1)c1cncc(Nc2ccc(F)c(F)c2)c1. The first kappa shape index (κ1) is 17.3. The first-order chi connectivity index (χ1) is 11.8. The fourth-order valence-electron chi connectivity index (χ4n) is 2.55. The van der Waals surface area contributed by atoms with Crippen LogP contribution in [0.1, 0.15) is 16.8 Å². The molecule has 9 heteroatoms. The second-order valence-electron chi connectivity index (χ2n) is 5.79. The number of hydrogen-bond acceptors (Lipinski definition) is 5. The Labute approximate surface area is 143 Å². The second kappa shape index (κ2) is 6.75. The molecule has 0 aliphatic carbocycles. The van der Waals surface area contributed by atoms with E-state index in [0.717, 1.165) is 12.1 Å². The van der Waals surface area contributed by atoms with Gasteiger partial charge in [-0.25, -0.2) is 17.2 Å². The van der Waals surface area contributed by atoms with Crippen molar-refractivity contribution in [3.63, 3.8) is 0 Å². The normalized spacial score (nSPS) is 18.7. The molecule has 1 aromatic heterocycles. The Bertz CT molecular complexity index is 919. The van der Waals surface area contributed by atoms with Gasteiger partial charge in [0.15, 0.2) is 21.5 Å². The number of pyridine rings is 1. The molecule has 6 nitrogen and oxygen atoms in total. The Morgan fingerprint density at radius 2 is 1.92 bits per heavy atom. The molecule has 25 heavy (non-hydrogen) atoms. The number of aromatic nitrogens is 1. The predicted molar refractivity (Wildman–Crippen MR) is 88.4 cm³/mol. The zero-order valence-electron chi connectivity index (χ0n) is 13.0. The average molecular weight is 367 g/mol. The van der Waals surface area contributed by atoms with E-state index in [1.165, 1.54) is 24.5 Å². The highest BCUT2D eigenvalue weighted by Gasteiger charge is 2.29. The Hall–Kier alpha value is -2.55. The van der Waals surface area contributed by atoms with E-state index in [9.17, 15) is 22.0 Å². The molecule has 1 amide bonds. The van der Waals surface area contributed by atoms with Crippen LogP contribution in [0.4, 0.5) is 20.2 Å². The van der Waals surface area contributed by atoms with Crippen molar-refractivity contribution in [2.75, 3.05) is 16.8 Å². The third kappa shape index (κ3) is 4.30. The molecule has 1 atom stereocenters. The van der Waals surface area contributed by atoms with Gasteiger partial charge in [0.2, 0.25) is 0 Å². The Balaban J connectivity index is 1.70. The second-order valence-corrected chi connectivity index (χ2v) is 8.02. The summed E-state index contributed by atoms with van der Waals surface area (Å²) in [7, 11) is -3.09. The van der Waals surface area contributed by atoms with Crippen molar-refractivity contribution >= 4 is 27.1 Å². The highest BCUT2D eigenvalue weighted by molar-refractivity contribution is 7.91. The number of nitrogens with zero attached hydrogens (tertiary/aromatic N) is 1. The van der Waals surface area contributed by atoms with E-state index in [0.29, 0.717) is 17.8 Å². The first-order valence-corrected chi connectivity index (χ1v) is 9.33. The number of carbonyl (C=O) groups is 1. The monoisotopic (exact) mass is 367 g/mol. The molecule has 1 aromatic carbocycles. The van der Waals surface area contributed by atoms with E-state index in [4.69, 9.17) is 0 Å². The van der Waals surface area contributed by atoms with Gasteiger partial charge in [-0.3, -0.25) is 9.78 Å². The summed E-state index contributed by atoms with van der Waals surface area (Å²) in [4.78, 5) is 16.2. The van der Waals surface area contributed by atoms with Crippen molar-refractivity contribution in [1.82, 2.24) is 10.3 Å². The number of halogens is 2. The number of hydrogen-bond donors (Lipinski definition) is 2. The van der Waals surface area contributed by atoms with Crippen LogP contribution in [0, 0.1) is 11.6 Å². The zero-order valence-corrected chi connectivity index (χ0v) is 13.8. The van der Waals surface area contributed by atoms with Gasteiger partial charge in [-0.05, 0) is 24.6 Å². The van der Waals surface area contributed by atoms with Gasteiger partial charge in [0.1, 0.15) is 0 Å². The first-order valence-electron chi connectivity index (χ1n) is 7.51. The van der Waals surface area contributed by atoms with Crippen LogP contribution >= 0.6 is 0 Å². The summed E-state index contributed by atoms with van der Waals surface area (Å²) in [6.45, 7) is 0. The molecule has 2 N–H and O–H groups in total. The minimum absolute atomic E-state index is 0.0634. The molecule has 0 radical (unpaired) electrons. The van der Waals surface area contributed by atoms with Gasteiger partial charge in [0.05, 0.1) is 29.0 Å². The van der Waals surface area contributed by atoms with Crippen LogP contribution < -0.4 is 10.6 Å². The number of carbonyl (C=O) groups excluding carboxylic acids is 1. The van der Waals surface area contributed by atoms with Gasteiger partial charge in [-0.15, -0.1) is 0 Å². The molecule has 0 bridgehead atoms. The van der Waals surface area contributed by atoms with Crippen molar-refractivity contribution in [3.8, 4) is 0 Å². The Morgan fingerprint density at radius 3 is 2.60 bits per heavy atom. The maximum absolute atomic E-state index is 13.2. The third-order valence-electron chi connectivity index (χ3n) is 3.78. The number of anilines is 2. The average Bonchev–Trinajstić information content (AvgIpc) is 2.90. The molecule has 2 heterocycles. The van der Waals surface area contributed by atoms with E-state index in [1.54, 1.807) is 0 Å². The summed E-state index contributed by atoms with van der Waals surface area (Å²) in [6, 6.07) is 4.41. The fraction of sp³-hybridized carbons (Fsp3) is 0.250. The van der Waals surface area contributed by atoms with Crippen LogP contribution in [-0.2, 0) is 9.84 Å². The van der Waals surface area contributed by atoms with Gasteiger partial charge < -0.3 is 10.6 Å². The summed E-state index contributed by atoms with van der Waals surface area (Å²) in [5, 5.41) is 5.49. The fourth-order valence-corrected chi connectivity index (χ4v) is 4.22. The largest absolute Gasteiger partial charge is 0.354 e. The topological polar surface area (TPSA) is 88.2 Å². The summed E-state index contributed by atoms with van der Waals surface area (Å²) in [6.07, 6.45) is 3.15. The number of sulfone groups is 1. The van der Waals surface area contributed by atoms with Crippen LogP contribution in [0.3, 0.4) is 0 Å². The third-order valence-corrected chi connectivity index (χ3v) is 5.54. The minimum atomic E-state index is -3.09. The van der Waals surface area contributed by atoms with E-state index in [2.05, 4.69) is 15.6 Å². The molecule has 0 spiro atoms. The molecule has 1 fully saturated rings. The quantitative estimate of drug-likeness (QED) is 0.863. The highest BCUT2D eigenvalue weighted by Crippen LogP contribution is 2.19. The van der Waals surface area contributed by atoms with Crippen molar-refractivity contribution in [2.45, 2.75) is 12.5 Å². The van der Waals surface area contributed by atoms with E-state index in [-0.39, 0.29) is 17.1 Å². The molecule has 2 aromatic rings. The number of benzene rings is 1. The van der Waals surface area contributed by atoms with Crippen LogP contribution in [0.2, 0.25) is 0 Å². The molecule has 1 saturated heterocycles. The molecule has 1 unspecified atom stereocenters. The van der Waals surface area contributed by atoms with Crippen molar-refractivity contribution in [3.05, 3.63) is 53.9 Å². The van der Waals surface area contributed by atoms with Crippen molar-refractivity contribution in [2.24, 2.45) is 0 Å². The maximum Gasteiger partial charge on any atom is 0.253 e. The van der Waals surface area contributed by atoms with Crippen LogP contribution in [0.5, 0.6) is 0 Å². The lowest BCUT2D eigenvalue weighted by Crippen LogP contribution is -2.35. The van der Waals surface area contributed by atoms with Crippen LogP contribution in [0.25, 0.3) is 0 Å². The molecule has 132 valence electrons. The Morgan fingerprint density at radius 1 is 1.12 bits per heavy atom. The molecule has 3 rings (SSSR count). The van der Waals surface area contributed by atoms with E-state index in [1.807, 2.05) is 0 Å². The molecule has 1 aliphatic rings. The molecular weight excluding hydrogens is 352 g/mol. The smallest absolute Gasteiger partial charge is 0.253 e. The number of rotatable bonds is 4. The molecular formula is C16H15F2N3O3S. The Kier molecular flexibility index (Phi) is 4.67. The number of nitrogens with one attached hydrogen (secondary N) is 2. The highest BCUT2D eigenvalue weighted by atomic mass is 32.2. The van der Waals surface area contributed by atoms with Gasteiger partial charge in [-0.2, -0.15) is 0 Å². The standard InChI is InChI=1S/C16H15F2N3O3S/c17-14-2-1-11(6-15(14)18)20-13-5-10(7-19-8-13)16(22)21-12-3-4-25(23,24)9-12/h1-2,5-8,12,20H,3-4,9H2,(H,21,22). The summed E-state index contributed by atoms with van der Waals surface area (Å²) >= 11 is 0. The number of amides is 1. The van der Waals surface area contributed by atoms with E-state index < -0.39 is 33.4 Å². The van der Waals surface area contributed by atoms with Gasteiger partial charge in [-0.1, -0.05) is 0 Å². The predicted octanol–water partition coefficient (Wildman–Crippen LogP) is 2.02. The molecule has 0 saturated carbocycles. The van der Waals surface area contributed by atoms with Crippen molar-refractivity contribution in [1.29, 1.82) is 0 Å². The lowest BCUT2D eigenvalue weighted by atomic mass is 10.2. The van der Waals surface area contributed by atoms with Crippen LogP contribution in [0.15, 0.2) is 36.7 Å². The minimum Gasteiger partial charge on any atom is -0.354 e. The molecule has 1 aliphatic heterocycles.